The van der Waals surface area contributed by atoms with E-state index in [9.17, 15) is 4.79 Å². The van der Waals surface area contributed by atoms with Gasteiger partial charge >= 0.3 is 0 Å². The van der Waals surface area contributed by atoms with E-state index in [2.05, 4.69) is 4.90 Å². The van der Waals surface area contributed by atoms with Crippen LogP contribution >= 0.6 is 12.4 Å². The minimum absolute atomic E-state index is 0. The predicted molar refractivity (Wildman–Crippen MR) is 73.8 cm³/mol. The Morgan fingerprint density at radius 2 is 2.06 bits per heavy atom. The molecular formula is C13H25ClN2O2. The van der Waals surface area contributed by atoms with Crippen LogP contribution in [0.25, 0.3) is 0 Å². The van der Waals surface area contributed by atoms with Crippen molar-refractivity contribution in [2.24, 2.45) is 11.7 Å². The molecule has 18 heavy (non-hydrogen) atoms. The molecule has 0 saturated carbocycles. The van der Waals surface area contributed by atoms with Gasteiger partial charge in [0.2, 0.25) is 5.91 Å². The lowest BCUT2D eigenvalue weighted by atomic mass is 9.90. The molecule has 0 aromatic rings. The van der Waals surface area contributed by atoms with Crippen molar-refractivity contribution in [1.29, 1.82) is 0 Å². The summed E-state index contributed by atoms with van der Waals surface area (Å²) < 4.78 is 5.40. The van der Waals surface area contributed by atoms with Crippen LogP contribution in [0.4, 0.5) is 0 Å². The fourth-order valence-corrected chi connectivity index (χ4v) is 3.09. The fourth-order valence-electron chi connectivity index (χ4n) is 3.09. The van der Waals surface area contributed by atoms with Gasteiger partial charge in [-0.3, -0.25) is 4.79 Å². The third-order valence-electron chi connectivity index (χ3n) is 3.93. The van der Waals surface area contributed by atoms with Crippen molar-refractivity contribution in [3.8, 4) is 0 Å². The van der Waals surface area contributed by atoms with Gasteiger partial charge in [-0.15, -0.1) is 12.4 Å². The highest BCUT2D eigenvalue weighted by Gasteiger charge is 2.35. The normalized spacial score (nSPS) is 26.8. The molecule has 2 aliphatic heterocycles. The topological polar surface area (TPSA) is 55.6 Å². The number of nitrogens with two attached hydrogens (primary N) is 1. The number of hydrogen-bond donors (Lipinski definition) is 1. The van der Waals surface area contributed by atoms with Gasteiger partial charge < -0.3 is 15.4 Å². The Morgan fingerprint density at radius 3 is 2.67 bits per heavy atom. The van der Waals surface area contributed by atoms with Crippen LogP contribution in [-0.2, 0) is 9.53 Å². The number of hydrogen-bond acceptors (Lipinski definition) is 3. The zero-order chi connectivity index (χ0) is 12.3. The van der Waals surface area contributed by atoms with E-state index in [1.807, 2.05) is 6.92 Å². The van der Waals surface area contributed by atoms with E-state index < -0.39 is 0 Å². The maximum Gasteiger partial charge on any atom is 0.224 e. The molecule has 2 N–H and O–H groups in total. The first-order valence-electron chi connectivity index (χ1n) is 6.81. The summed E-state index contributed by atoms with van der Waals surface area (Å²) in [6, 6.07) is 0.420. The smallest absolute Gasteiger partial charge is 0.224 e. The Bertz CT molecular complexity index is 268. The SMILES string of the molecule is CC(N)CC(=O)N1CCCC1C1CCOCC1.Cl. The van der Waals surface area contributed by atoms with Crippen LogP contribution in [0.1, 0.15) is 39.0 Å². The monoisotopic (exact) mass is 276 g/mol. The van der Waals surface area contributed by atoms with Crippen LogP contribution in [0, 0.1) is 5.92 Å². The van der Waals surface area contributed by atoms with Gasteiger partial charge in [0.1, 0.15) is 0 Å². The molecule has 2 fully saturated rings. The second-order valence-corrected chi connectivity index (χ2v) is 5.43. The molecule has 2 aliphatic rings. The van der Waals surface area contributed by atoms with Gasteiger partial charge in [0, 0.05) is 38.3 Å². The van der Waals surface area contributed by atoms with E-state index in [0.29, 0.717) is 18.4 Å². The zero-order valence-corrected chi connectivity index (χ0v) is 12.0. The molecule has 0 aromatic carbocycles. The van der Waals surface area contributed by atoms with Crippen LogP contribution < -0.4 is 5.73 Å². The Kier molecular flexibility index (Phi) is 6.39. The first kappa shape index (κ1) is 15.7. The van der Waals surface area contributed by atoms with Crippen LogP contribution in [0.15, 0.2) is 0 Å². The lowest BCUT2D eigenvalue weighted by Gasteiger charge is -2.34. The second kappa shape index (κ2) is 7.31. The van der Waals surface area contributed by atoms with Gasteiger partial charge in [-0.25, -0.2) is 0 Å². The van der Waals surface area contributed by atoms with E-state index in [1.54, 1.807) is 0 Å². The molecule has 5 heteroatoms. The number of rotatable bonds is 3. The third kappa shape index (κ3) is 3.84. The number of amides is 1. The average molecular weight is 277 g/mol. The average Bonchev–Trinajstić information content (AvgIpc) is 2.78. The number of nitrogens with zero attached hydrogens (tertiary/aromatic N) is 1. The van der Waals surface area contributed by atoms with Crippen molar-refractivity contribution in [3.05, 3.63) is 0 Å². The molecule has 4 nitrogen and oxygen atoms in total. The standard InChI is InChI=1S/C13H24N2O2.ClH/c1-10(14)9-13(16)15-6-2-3-12(15)11-4-7-17-8-5-11;/h10-12H,2-9,14H2,1H3;1H. The molecule has 0 aliphatic carbocycles. The molecule has 1 amide bonds. The highest BCUT2D eigenvalue weighted by molar-refractivity contribution is 5.85. The molecule has 2 atom stereocenters. The maximum absolute atomic E-state index is 12.1. The van der Waals surface area contributed by atoms with E-state index in [4.69, 9.17) is 10.5 Å². The van der Waals surface area contributed by atoms with E-state index in [-0.39, 0.29) is 24.4 Å². The minimum Gasteiger partial charge on any atom is -0.381 e. The summed E-state index contributed by atoms with van der Waals surface area (Å²) in [6.07, 6.45) is 5.00. The summed E-state index contributed by atoms with van der Waals surface area (Å²) in [5, 5.41) is 0. The van der Waals surface area contributed by atoms with Crippen molar-refractivity contribution in [1.82, 2.24) is 4.90 Å². The lowest BCUT2D eigenvalue weighted by molar-refractivity contribution is -0.133. The van der Waals surface area contributed by atoms with Crippen LogP contribution in [0.3, 0.4) is 0 Å². The molecule has 0 radical (unpaired) electrons. The van der Waals surface area contributed by atoms with Crippen molar-refractivity contribution in [3.63, 3.8) is 0 Å². The van der Waals surface area contributed by atoms with E-state index >= 15 is 0 Å². The summed E-state index contributed by atoms with van der Waals surface area (Å²) in [5.41, 5.74) is 5.72. The molecule has 2 rings (SSSR count). The number of ether oxygens (including phenoxy) is 1. The van der Waals surface area contributed by atoms with E-state index in [1.165, 1.54) is 0 Å². The van der Waals surface area contributed by atoms with Crippen molar-refractivity contribution < 1.29 is 9.53 Å². The molecular weight excluding hydrogens is 252 g/mol. The van der Waals surface area contributed by atoms with Gasteiger partial charge in [-0.05, 0) is 38.5 Å². The van der Waals surface area contributed by atoms with Crippen LogP contribution in [-0.4, -0.2) is 42.6 Å². The molecule has 2 unspecified atom stereocenters. The Hall–Kier alpha value is -0.320. The molecule has 0 bridgehead atoms. The number of likely N-dealkylation sites (tertiary alicyclic amines) is 1. The quantitative estimate of drug-likeness (QED) is 0.851. The summed E-state index contributed by atoms with van der Waals surface area (Å²) in [5.74, 6) is 0.886. The van der Waals surface area contributed by atoms with Gasteiger partial charge in [0.05, 0.1) is 0 Å². The van der Waals surface area contributed by atoms with Crippen LogP contribution in [0.2, 0.25) is 0 Å². The zero-order valence-electron chi connectivity index (χ0n) is 11.1. The summed E-state index contributed by atoms with van der Waals surface area (Å²) >= 11 is 0. The Balaban J connectivity index is 0.00000162. The highest BCUT2D eigenvalue weighted by Crippen LogP contribution is 2.30. The maximum atomic E-state index is 12.1. The fraction of sp³-hybridized carbons (Fsp3) is 0.923. The van der Waals surface area contributed by atoms with E-state index in [0.717, 1.165) is 45.4 Å². The summed E-state index contributed by atoms with van der Waals surface area (Å²) in [7, 11) is 0. The summed E-state index contributed by atoms with van der Waals surface area (Å²) in [4.78, 5) is 14.2. The number of halogens is 1. The third-order valence-corrected chi connectivity index (χ3v) is 3.93. The van der Waals surface area contributed by atoms with Gasteiger partial charge in [-0.1, -0.05) is 0 Å². The Labute approximate surface area is 116 Å². The van der Waals surface area contributed by atoms with Gasteiger partial charge in [0.25, 0.3) is 0 Å². The predicted octanol–water partition coefficient (Wildman–Crippen LogP) is 1.56. The lowest BCUT2D eigenvalue weighted by Crippen LogP contribution is -2.43. The van der Waals surface area contributed by atoms with Crippen LogP contribution in [0.5, 0.6) is 0 Å². The highest BCUT2D eigenvalue weighted by atomic mass is 35.5. The van der Waals surface area contributed by atoms with Crippen molar-refractivity contribution in [2.75, 3.05) is 19.8 Å². The largest absolute Gasteiger partial charge is 0.381 e. The first-order valence-corrected chi connectivity index (χ1v) is 6.81. The van der Waals surface area contributed by atoms with Crippen molar-refractivity contribution >= 4 is 18.3 Å². The molecule has 106 valence electrons. The second-order valence-electron chi connectivity index (χ2n) is 5.43. The minimum atomic E-state index is -0.0292. The molecule has 2 saturated heterocycles. The molecule has 2 heterocycles. The van der Waals surface area contributed by atoms with Gasteiger partial charge in [-0.2, -0.15) is 0 Å². The summed E-state index contributed by atoms with van der Waals surface area (Å²) in [6.45, 7) is 4.54. The van der Waals surface area contributed by atoms with Crippen molar-refractivity contribution in [2.45, 2.75) is 51.1 Å². The molecule has 0 aromatic heterocycles. The first-order chi connectivity index (χ1) is 8.18. The number of carbonyl (C=O) groups excluding carboxylic acids is 1. The molecule has 0 spiro atoms. The number of carbonyl (C=O) groups is 1. The Morgan fingerprint density at radius 1 is 1.39 bits per heavy atom. The van der Waals surface area contributed by atoms with Gasteiger partial charge in [0.15, 0.2) is 0 Å².